The molecule has 0 bridgehead atoms. The molecular formula is C18H12N4O. The Balaban J connectivity index is 1.95. The molecule has 3 aromatic heterocycles. The van der Waals surface area contributed by atoms with Crippen LogP contribution in [-0.2, 0) is 0 Å². The number of methoxy groups -OCH3 is 1. The second-order valence-electron chi connectivity index (χ2n) is 5.20. The van der Waals surface area contributed by atoms with Crippen molar-refractivity contribution >= 4 is 21.9 Å². The highest BCUT2D eigenvalue weighted by molar-refractivity contribution is 6.06. The van der Waals surface area contributed by atoms with Gasteiger partial charge in [0.25, 0.3) is 0 Å². The Morgan fingerprint density at radius 1 is 1.04 bits per heavy atom. The molecule has 0 unspecified atom stereocenters. The summed E-state index contributed by atoms with van der Waals surface area (Å²) in [6.45, 7) is 0. The zero-order chi connectivity index (χ0) is 15.8. The maximum absolute atomic E-state index is 9.04. The summed E-state index contributed by atoms with van der Waals surface area (Å²) in [7, 11) is 1.65. The first-order valence-corrected chi connectivity index (χ1v) is 7.10. The van der Waals surface area contributed by atoms with Gasteiger partial charge in [-0.05, 0) is 29.8 Å². The normalized spacial score (nSPS) is 10.8. The van der Waals surface area contributed by atoms with Crippen LogP contribution in [0.5, 0.6) is 5.75 Å². The lowest BCUT2D eigenvalue weighted by atomic mass is 10.1. The average Bonchev–Trinajstić information content (AvgIpc) is 2.98. The Hall–Kier alpha value is -3.39. The number of nitrogens with one attached hydrogen (secondary N) is 1. The monoisotopic (exact) mass is 300 g/mol. The lowest BCUT2D eigenvalue weighted by Gasteiger charge is -2.04. The third kappa shape index (κ3) is 2.17. The second kappa shape index (κ2) is 5.11. The Morgan fingerprint density at radius 2 is 1.96 bits per heavy atom. The van der Waals surface area contributed by atoms with Gasteiger partial charge in [-0.3, -0.25) is 0 Å². The van der Waals surface area contributed by atoms with Gasteiger partial charge >= 0.3 is 0 Å². The van der Waals surface area contributed by atoms with Crippen molar-refractivity contribution in [3.8, 4) is 22.9 Å². The molecular weight excluding hydrogens is 288 g/mol. The van der Waals surface area contributed by atoms with Gasteiger partial charge in [0, 0.05) is 22.5 Å². The Morgan fingerprint density at radius 3 is 2.78 bits per heavy atom. The molecule has 5 heteroatoms. The van der Waals surface area contributed by atoms with Gasteiger partial charge in [-0.15, -0.1) is 0 Å². The molecule has 0 saturated carbocycles. The number of rotatable bonds is 2. The first kappa shape index (κ1) is 13.3. The minimum absolute atomic E-state index is 0.394. The van der Waals surface area contributed by atoms with E-state index in [1.807, 2.05) is 30.5 Å². The van der Waals surface area contributed by atoms with Crippen LogP contribution in [0.1, 0.15) is 5.69 Å². The van der Waals surface area contributed by atoms with Gasteiger partial charge in [-0.2, -0.15) is 5.26 Å². The maximum Gasteiger partial charge on any atom is 0.141 e. The van der Waals surface area contributed by atoms with Gasteiger partial charge in [0.05, 0.1) is 18.8 Å². The molecule has 0 saturated heterocycles. The molecule has 23 heavy (non-hydrogen) atoms. The Labute approximate surface area is 132 Å². The van der Waals surface area contributed by atoms with E-state index in [9.17, 15) is 0 Å². The topological polar surface area (TPSA) is 74.6 Å². The summed E-state index contributed by atoms with van der Waals surface area (Å²) < 4.78 is 5.28. The van der Waals surface area contributed by atoms with Crippen molar-refractivity contribution in [1.29, 1.82) is 5.26 Å². The van der Waals surface area contributed by atoms with Crippen molar-refractivity contribution in [3.05, 3.63) is 54.5 Å². The lowest BCUT2D eigenvalue weighted by Crippen LogP contribution is -1.85. The van der Waals surface area contributed by atoms with Crippen molar-refractivity contribution in [2.24, 2.45) is 0 Å². The minimum atomic E-state index is 0.394. The van der Waals surface area contributed by atoms with Crippen molar-refractivity contribution in [2.75, 3.05) is 7.11 Å². The molecule has 0 fully saturated rings. The van der Waals surface area contributed by atoms with Crippen molar-refractivity contribution < 1.29 is 4.74 Å². The molecule has 0 spiro atoms. The van der Waals surface area contributed by atoms with Gasteiger partial charge in [-0.25, -0.2) is 9.97 Å². The third-order valence-electron chi connectivity index (χ3n) is 3.85. The van der Waals surface area contributed by atoms with Crippen LogP contribution in [-0.4, -0.2) is 22.1 Å². The highest BCUT2D eigenvalue weighted by Gasteiger charge is 2.09. The summed E-state index contributed by atoms with van der Waals surface area (Å²) in [5.74, 6) is 0.803. The highest BCUT2D eigenvalue weighted by Crippen LogP contribution is 2.29. The van der Waals surface area contributed by atoms with E-state index in [4.69, 9.17) is 10.00 Å². The van der Waals surface area contributed by atoms with Crippen molar-refractivity contribution in [3.63, 3.8) is 0 Å². The quantitative estimate of drug-likeness (QED) is 0.613. The van der Waals surface area contributed by atoms with Crippen LogP contribution in [0.25, 0.3) is 33.1 Å². The molecule has 5 nitrogen and oxygen atoms in total. The number of ether oxygens (including phenoxy) is 1. The van der Waals surface area contributed by atoms with E-state index in [-0.39, 0.29) is 0 Å². The maximum atomic E-state index is 9.04. The van der Waals surface area contributed by atoms with Crippen LogP contribution >= 0.6 is 0 Å². The molecule has 4 rings (SSSR count). The molecule has 3 heterocycles. The molecule has 0 aliphatic rings. The number of aromatic amines is 1. The van der Waals surface area contributed by atoms with E-state index < -0.39 is 0 Å². The van der Waals surface area contributed by atoms with Gasteiger partial charge in [0.1, 0.15) is 23.2 Å². The van der Waals surface area contributed by atoms with E-state index in [2.05, 4.69) is 27.1 Å². The molecule has 0 atom stereocenters. The van der Waals surface area contributed by atoms with Gasteiger partial charge in [0.15, 0.2) is 0 Å². The number of H-pyrrole nitrogens is 1. The summed E-state index contributed by atoms with van der Waals surface area (Å²) in [4.78, 5) is 11.8. The number of hydrogen-bond donors (Lipinski definition) is 1. The number of aromatic nitrogens is 3. The van der Waals surface area contributed by atoms with Crippen LogP contribution < -0.4 is 4.74 Å². The van der Waals surface area contributed by atoms with E-state index >= 15 is 0 Å². The lowest BCUT2D eigenvalue weighted by molar-refractivity contribution is 0.415. The van der Waals surface area contributed by atoms with E-state index in [1.54, 1.807) is 19.4 Å². The van der Waals surface area contributed by atoms with Crippen LogP contribution in [0, 0.1) is 11.3 Å². The molecule has 1 N–H and O–H groups in total. The average molecular weight is 300 g/mol. The van der Waals surface area contributed by atoms with E-state index in [0.717, 1.165) is 38.8 Å². The largest absolute Gasteiger partial charge is 0.497 e. The number of fused-ring (bicyclic) bond motifs is 3. The number of benzene rings is 1. The molecule has 0 aliphatic carbocycles. The molecule has 4 aromatic rings. The van der Waals surface area contributed by atoms with Gasteiger partial charge in [-0.1, -0.05) is 12.1 Å². The fourth-order valence-electron chi connectivity index (χ4n) is 2.70. The fraction of sp³-hybridized carbons (Fsp3) is 0.0556. The zero-order valence-corrected chi connectivity index (χ0v) is 12.4. The SMILES string of the molecule is COc1cccc(-c2cnc3[nH]c4cnc(C#N)cc4c3c2)c1. The minimum Gasteiger partial charge on any atom is -0.497 e. The predicted octanol–water partition coefficient (Wildman–Crippen LogP) is 3.66. The highest BCUT2D eigenvalue weighted by atomic mass is 16.5. The predicted molar refractivity (Wildman–Crippen MR) is 88.1 cm³/mol. The van der Waals surface area contributed by atoms with Crippen LogP contribution in [0.15, 0.2) is 48.8 Å². The third-order valence-corrected chi connectivity index (χ3v) is 3.85. The number of hydrogen-bond acceptors (Lipinski definition) is 4. The standard InChI is InChI=1S/C18H12N4O/c1-23-14-4-2-3-11(5-14)12-6-16-15-7-13(8-19)20-10-17(15)22-18(16)21-9-12/h2-7,9-10H,1H3,(H,21,22). The summed E-state index contributed by atoms with van der Waals surface area (Å²) in [5, 5.41) is 11.0. The van der Waals surface area contributed by atoms with Crippen LogP contribution in [0.4, 0.5) is 0 Å². The van der Waals surface area contributed by atoms with Gasteiger partial charge < -0.3 is 9.72 Å². The van der Waals surface area contributed by atoms with Crippen molar-refractivity contribution in [1.82, 2.24) is 15.0 Å². The number of nitriles is 1. The first-order chi connectivity index (χ1) is 11.3. The Bertz CT molecular complexity index is 1080. The van der Waals surface area contributed by atoms with Crippen LogP contribution in [0.3, 0.4) is 0 Å². The first-order valence-electron chi connectivity index (χ1n) is 7.10. The Kier molecular flexibility index (Phi) is 2.95. The zero-order valence-electron chi connectivity index (χ0n) is 12.4. The smallest absolute Gasteiger partial charge is 0.141 e. The number of nitrogens with zero attached hydrogens (tertiary/aromatic N) is 3. The molecule has 0 radical (unpaired) electrons. The van der Waals surface area contributed by atoms with E-state index in [0.29, 0.717) is 5.69 Å². The molecule has 1 aromatic carbocycles. The van der Waals surface area contributed by atoms with Gasteiger partial charge in [0.2, 0.25) is 0 Å². The fourth-order valence-corrected chi connectivity index (χ4v) is 2.70. The molecule has 110 valence electrons. The summed E-state index contributed by atoms with van der Waals surface area (Å²) in [5.41, 5.74) is 4.07. The van der Waals surface area contributed by atoms with Crippen LogP contribution in [0.2, 0.25) is 0 Å². The molecule has 0 aliphatic heterocycles. The van der Waals surface area contributed by atoms with E-state index in [1.165, 1.54) is 0 Å². The number of pyridine rings is 2. The summed E-state index contributed by atoms with van der Waals surface area (Å²) >= 11 is 0. The van der Waals surface area contributed by atoms with Crippen molar-refractivity contribution in [2.45, 2.75) is 0 Å². The second-order valence-corrected chi connectivity index (χ2v) is 5.20. The molecule has 0 amide bonds. The summed E-state index contributed by atoms with van der Waals surface area (Å²) in [6, 6.07) is 13.8. The summed E-state index contributed by atoms with van der Waals surface area (Å²) in [6.07, 6.45) is 3.49.